The zero-order valence-corrected chi connectivity index (χ0v) is 12.1. The fraction of sp³-hybridized carbons (Fsp3) is 0.0667. The van der Waals surface area contributed by atoms with Crippen LogP contribution in [0.5, 0.6) is 11.5 Å². The smallest absolute Gasteiger partial charge is 0.335 e. The first-order chi connectivity index (χ1) is 9.51. The van der Waals surface area contributed by atoms with Crippen LogP contribution < -0.4 is 4.74 Å². The Balaban J connectivity index is 2.41. The first-order valence-corrected chi connectivity index (χ1v) is 6.52. The summed E-state index contributed by atoms with van der Waals surface area (Å²) in [4.78, 5) is 10.9. The first kappa shape index (κ1) is 14.1. The van der Waals surface area contributed by atoms with E-state index in [1.54, 1.807) is 6.07 Å². The van der Waals surface area contributed by atoms with Crippen LogP contribution in [0, 0.1) is 18.3 Å². The highest BCUT2D eigenvalue weighted by atomic mass is 79.9. The number of rotatable bonds is 3. The predicted octanol–water partition coefficient (Wildman–Crippen LogP) is 4.12. The third kappa shape index (κ3) is 2.98. The van der Waals surface area contributed by atoms with Crippen molar-refractivity contribution in [1.29, 1.82) is 5.26 Å². The third-order valence-corrected chi connectivity index (χ3v) is 3.21. The van der Waals surface area contributed by atoms with Gasteiger partial charge in [-0.1, -0.05) is 22.0 Å². The number of nitriles is 1. The standard InChI is InChI=1S/C15H10BrNO3/c1-9-2-4-12(16)7-14(9)20-13-5-3-10(15(18)19)6-11(13)8-17/h2-7H,1H3,(H,18,19). The van der Waals surface area contributed by atoms with Crippen LogP contribution in [-0.2, 0) is 0 Å². The molecule has 0 aliphatic heterocycles. The van der Waals surface area contributed by atoms with Gasteiger partial charge in [-0.15, -0.1) is 0 Å². The molecule has 2 aromatic rings. The molecular formula is C15H10BrNO3. The van der Waals surface area contributed by atoms with Crippen molar-refractivity contribution in [3.63, 3.8) is 0 Å². The molecule has 100 valence electrons. The van der Waals surface area contributed by atoms with Crippen LogP contribution in [0.3, 0.4) is 0 Å². The number of carboxylic acid groups (broad SMARTS) is 1. The average Bonchev–Trinajstić information content (AvgIpc) is 2.43. The van der Waals surface area contributed by atoms with Crippen molar-refractivity contribution in [2.75, 3.05) is 0 Å². The van der Waals surface area contributed by atoms with E-state index in [1.165, 1.54) is 18.2 Å². The van der Waals surface area contributed by atoms with Crippen LogP contribution in [0.15, 0.2) is 40.9 Å². The SMILES string of the molecule is Cc1ccc(Br)cc1Oc1ccc(C(=O)O)cc1C#N. The van der Waals surface area contributed by atoms with Gasteiger partial charge in [0.2, 0.25) is 0 Å². The lowest BCUT2D eigenvalue weighted by Gasteiger charge is -2.10. The van der Waals surface area contributed by atoms with Crippen molar-refractivity contribution < 1.29 is 14.6 Å². The Morgan fingerprint density at radius 2 is 2.00 bits per heavy atom. The lowest BCUT2D eigenvalue weighted by molar-refractivity contribution is 0.0697. The van der Waals surface area contributed by atoms with Crippen molar-refractivity contribution in [3.05, 3.63) is 57.6 Å². The minimum absolute atomic E-state index is 0.0554. The molecule has 0 saturated heterocycles. The Morgan fingerprint density at radius 1 is 1.25 bits per heavy atom. The van der Waals surface area contributed by atoms with Gasteiger partial charge in [-0.05, 0) is 42.8 Å². The van der Waals surface area contributed by atoms with Gasteiger partial charge in [-0.3, -0.25) is 0 Å². The molecule has 2 aromatic carbocycles. The summed E-state index contributed by atoms with van der Waals surface area (Å²) in [5.41, 5.74) is 1.16. The van der Waals surface area contributed by atoms with Gasteiger partial charge in [0.15, 0.2) is 0 Å². The number of carbonyl (C=O) groups is 1. The molecule has 0 atom stereocenters. The van der Waals surface area contributed by atoms with E-state index in [1.807, 2.05) is 25.1 Å². The molecule has 0 aliphatic carbocycles. The van der Waals surface area contributed by atoms with Gasteiger partial charge >= 0.3 is 5.97 Å². The fourth-order valence-corrected chi connectivity index (χ4v) is 1.98. The van der Waals surface area contributed by atoms with E-state index in [0.717, 1.165) is 10.0 Å². The second-order valence-electron chi connectivity index (χ2n) is 4.14. The van der Waals surface area contributed by atoms with Crippen molar-refractivity contribution in [2.24, 2.45) is 0 Å². The zero-order valence-electron chi connectivity index (χ0n) is 10.6. The molecular weight excluding hydrogens is 322 g/mol. The van der Waals surface area contributed by atoms with Gasteiger partial charge in [-0.25, -0.2) is 4.79 Å². The van der Waals surface area contributed by atoms with E-state index < -0.39 is 5.97 Å². The molecule has 0 aromatic heterocycles. The summed E-state index contributed by atoms with van der Waals surface area (Å²) in [5.74, 6) is -0.135. The van der Waals surface area contributed by atoms with E-state index in [0.29, 0.717) is 11.5 Å². The quantitative estimate of drug-likeness (QED) is 0.918. The molecule has 4 nitrogen and oxygen atoms in total. The zero-order chi connectivity index (χ0) is 14.7. The Morgan fingerprint density at radius 3 is 2.65 bits per heavy atom. The lowest BCUT2D eigenvalue weighted by atomic mass is 10.1. The lowest BCUT2D eigenvalue weighted by Crippen LogP contribution is -1.98. The van der Waals surface area contributed by atoms with Gasteiger partial charge < -0.3 is 9.84 Å². The molecule has 0 spiro atoms. The van der Waals surface area contributed by atoms with Gasteiger partial charge in [0, 0.05) is 4.47 Å². The minimum Gasteiger partial charge on any atom is -0.478 e. The van der Waals surface area contributed by atoms with E-state index in [-0.39, 0.29) is 11.1 Å². The van der Waals surface area contributed by atoms with E-state index >= 15 is 0 Å². The molecule has 0 aliphatic rings. The highest BCUT2D eigenvalue weighted by Crippen LogP contribution is 2.30. The molecule has 0 radical (unpaired) electrons. The second-order valence-corrected chi connectivity index (χ2v) is 5.06. The summed E-state index contributed by atoms with van der Waals surface area (Å²) >= 11 is 3.35. The van der Waals surface area contributed by atoms with Gasteiger partial charge in [0.25, 0.3) is 0 Å². The van der Waals surface area contributed by atoms with Crippen LogP contribution in [-0.4, -0.2) is 11.1 Å². The Bertz CT molecular complexity index is 720. The molecule has 1 N–H and O–H groups in total. The maximum absolute atomic E-state index is 10.9. The van der Waals surface area contributed by atoms with E-state index in [2.05, 4.69) is 15.9 Å². The number of aryl methyl sites for hydroxylation is 1. The topological polar surface area (TPSA) is 70.3 Å². The maximum atomic E-state index is 10.9. The molecule has 0 fully saturated rings. The van der Waals surface area contributed by atoms with Crippen LogP contribution in [0.1, 0.15) is 21.5 Å². The number of aromatic carboxylic acids is 1. The Labute approximate surface area is 124 Å². The number of hydrogen-bond donors (Lipinski definition) is 1. The number of hydrogen-bond acceptors (Lipinski definition) is 3. The normalized spacial score (nSPS) is 9.85. The van der Waals surface area contributed by atoms with Gasteiger partial charge in [-0.2, -0.15) is 5.26 Å². The molecule has 5 heteroatoms. The van der Waals surface area contributed by atoms with Crippen molar-refractivity contribution in [3.8, 4) is 17.6 Å². The summed E-state index contributed by atoms with van der Waals surface area (Å²) < 4.78 is 6.56. The highest BCUT2D eigenvalue weighted by Gasteiger charge is 2.11. The molecule has 0 unspecified atom stereocenters. The third-order valence-electron chi connectivity index (χ3n) is 2.72. The van der Waals surface area contributed by atoms with Crippen molar-refractivity contribution >= 4 is 21.9 Å². The molecule has 0 heterocycles. The molecule has 0 saturated carbocycles. The Hall–Kier alpha value is -2.32. The highest BCUT2D eigenvalue weighted by molar-refractivity contribution is 9.10. The largest absolute Gasteiger partial charge is 0.478 e. The van der Waals surface area contributed by atoms with Crippen LogP contribution in [0.25, 0.3) is 0 Å². The average molecular weight is 332 g/mol. The Kier molecular flexibility index (Phi) is 4.06. The summed E-state index contributed by atoms with van der Waals surface area (Å²) in [6, 6.07) is 11.7. The van der Waals surface area contributed by atoms with Gasteiger partial charge in [0.05, 0.1) is 11.1 Å². The monoisotopic (exact) mass is 331 g/mol. The van der Waals surface area contributed by atoms with Crippen LogP contribution in [0.2, 0.25) is 0 Å². The number of benzene rings is 2. The van der Waals surface area contributed by atoms with Gasteiger partial charge in [0.1, 0.15) is 17.6 Å². The number of nitrogens with zero attached hydrogens (tertiary/aromatic N) is 1. The second kappa shape index (κ2) is 5.76. The predicted molar refractivity (Wildman–Crippen MR) is 77.1 cm³/mol. The van der Waals surface area contributed by atoms with Crippen LogP contribution >= 0.6 is 15.9 Å². The molecule has 20 heavy (non-hydrogen) atoms. The first-order valence-electron chi connectivity index (χ1n) is 5.72. The summed E-state index contributed by atoms with van der Waals surface area (Å²) in [7, 11) is 0. The summed E-state index contributed by atoms with van der Waals surface area (Å²) in [6.07, 6.45) is 0. The van der Waals surface area contributed by atoms with E-state index in [9.17, 15) is 4.79 Å². The molecule has 0 bridgehead atoms. The summed E-state index contributed by atoms with van der Waals surface area (Å²) in [5, 5.41) is 18.0. The maximum Gasteiger partial charge on any atom is 0.335 e. The van der Waals surface area contributed by atoms with Crippen molar-refractivity contribution in [2.45, 2.75) is 6.92 Å². The number of halogens is 1. The number of carboxylic acids is 1. The summed E-state index contributed by atoms with van der Waals surface area (Å²) in [6.45, 7) is 1.89. The number of ether oxygens (including phenoxy) is 1. The van der Waals surface area contributed by atoms with Crippen LogP contribution in [0.4, 0.5) is 0 Å². The molecule has 0 amide bonds. The van der Waals surface area contributed by atoms with Crippen molar-refractivity contribution in [1.82, 2.24) is 0 Å². The minimum atomic E-state index is -1.08. The molecule has 2 rings (SSSR count). The fourth-order valence-electron chi connectivity index (χ4n) is 1.64. The van der Waals surface area contributed by atoms with E-state index in [4.69, 9.17) is 15.1 Å².